The molecule has 0 fully saturated rings. The van der Waals surface area contributed by atoms with Crippen molar-refractivity contribution in [3.63, 3.8) is 0 Å². The molecule has 2 rings (SSSR count). The van der Waals surface area contributed by atoms with Gasteiger partial charge in [-0.3, -0.25) is 0 Å². The number of hydrogen-bond acceptors (Lipinski definition) is 1. The second kappa shape index (κ2) is 9.38. The maximum absolute atomic E-state index is 13.0. The molecule has 0 aliphatic heterocycles. The SMILES string of the molecule is Fc1ccc(CBr)c(F)c1I.OCc1ccc(F)c(I)c1F. The van der Waals surface area contributed by atoms with Gasteiger partial charge in [0.25, 0.3) is 0 Å². The molecular weight excluding hydrogens is 594 g/mol. The number of rotatable bonds is 2. The van der Waals surface area contributed by atoms with Gasteiger partial charge in [-0.1, -0.05) is 28.1 Å². The van der Waals surface area contributed by atoms with Crippen LogP contribution < -0.4 is 0 Å². The van der Waals surface area contributed by atoms with Crippen molar-refractivity contribution in [2.45, 2.75) is 11.9 Å². The van der Waals surface area contributed by atoms with E-state index in [9.17, 15) is 17.6 Å². The maximum Gasteiger partial charge on any atom is 0.144 e. The molecule has 0 heterocycles. The monoisotopic (exact) mass is 602 g/mol. The van der Waals surface area contributed by atoms with Crippen LogP contribution in [0.25, 0.3) is 0 Å². The minimum atomic E-state index is -0.673. The van der Waals surface area contributed by atoms with Gasteiger partial charge in [-0.25, -0.2) is 17.6 Å². The van der Waals surface area contributed by atoms with Crippen LogP contribution in [-0.4, -0.2) is 5.11 Å². The molecule has 0 aliphatic rings. The number of aliphatic hydroxyl groups is 1. The molecule has 2 aromatic rings. The van der Waals surface area contributed by atoms with E-state index in [1.807, 2.05) is 0 Å². The van der Waals surface area contributed by atoms with Crippen LogP contribution >= 0.6 is 61.1 Å². The smallest absolute Gasteiger partial charge is 0.144 e. The van der Waals surface area contributed by atoms with Crippen LogP contribution in [-0.2, 0) is 11.9 Å². The zero-order valence-corrected chi connectivity index (χ0v) is 16.7. The molecule has 0 aliphatic carbocycles. The van der Waals surface area contributed by atoms with Crippen molar-refractivity contribution in [2.24, 2.45) is 0 Å². The van der Waals surface area contributed by atoms with Gasteiger partial charge in [0.2, 0.25) is 0 Å². The highest BCUT2D eigenvalue weighted by atomic mass is 127. The molecular formula is C14H9BrF4I2O. The Morgan fingerprint density at radius 3 is 1.64 bits per heavy atom. The first-order valence-electron chi connectivity index (χ1n) is 5.75. The van der Waals surface area contributed by atoms with Gasteiger partial charge in [-0.2, -0.15) is 0 Å². The van der Waals surface area contributed by atoms with Gasteiger partial charge >= 0.3 is 0 Å². The predicted octanol–water partition coefficient (Wildman–Crippen LogP) is 5.53. The third kappa shape index (κ3) is 5.03. The second-order valence-electron chi connectivity index (χ2n) is 3.96. The summed E-state index contributed by atoms with van der Waals surface area (Å²) in [5.41, 5.74) is 0.603. The minimum Gasteiger partial charge on any atom is -0.392 e. The van der Waals surface area contributed by atoms with Crippen LogP contribution in [0.2, 0.25) is 0 Å². The van der Waals surface area contributed by atoms with Crippen molar-refractivity contribution < 1.29 is 22.7 Å². The first-order chi connectivity index (χ1) is 10.3. The average Bonchev–Trinajstić information content (AvgIpc) is 2.51. The molecule has 0 aromatic heterocycles. The molecule has 0 unspecified atom stereocenters. The van der Waals surface area contributed by atoms with E-state index in [0.29, 0.717) is 10.9 Å². The summed E-state index contributed by atoms with van der Waals surface area (Å²) in [6.45, 7) is -0.401. The van der Waals surface area contributed by atoms with Crippen molar-refractivity contribution in [1.29, 1.82) is 0 Å². The average molecular weight is 603 g/mol. The topological polar surface area (TPSA) is 20.2 Å². The van der Waals surface area contributed by atoms with Crippen molar-refractivity contribution in [2.75, 3.05) is 0 Å². The molecule has 2 aromatic carbocycles. The van der Waals surface area contributed by atoms with E-state index in [4.69, 9.17) is 5.11 Å². The zero-order valence-electron chi connectivity index (χ0n) is 10.8. The fourth-order valence-corrected chi connectivity index (χ4v) is 2.84. The first kappa shape index (κ1) is 20.1. The van der Waals surface area contributed by atoms with Crippen LogP contribution in [0.4, 0.5) is 17.6 Å². The van der Waals surface area contributed by atoms with Gasteiger partial charge in [0.05, 0.1) is 13.7 Å². The fourth-order valence-electron chi connectivity index (χ4n) is 1.36. The summed E-state index contributed by atoms with van der Waals surface area (Å²) in [5.74, 6) is -2.25. The molecule has 8 heteroatoms. The molecule has 1 N–H and O–H groups in total. The van der Waals surface area contributed by atoms with Crippen LogP contribution in [0.1, 0.15) is 11.1 Å². The lowest BCUT2D eigenvalue weighted by atomic mass is 10.2. The minimum absolute atomic E-state index is 0.0551. The Morgan fingerprint density at radius 2 is 1.23 bits per heavy atom. The van der Waals surface area contributed by atoms with E-state index < -0.39 is 29.9 Å². The Balaban J connectivity index is 0.000000220. The summed E-state index contributed by atoms with van der Waals surface area (Å²) in [4.78, 5) is 0. The van der Waals surface area contributed by atoms with Gasteiger partial charge < -0.3 is 5.11 Å². The van der Waals surface area contributed by atoms with E-state index in [-0.39, 0.29) is 12.7 Å². The van der Waals surface area contributed by atoms with Gasteiger partial charge in [0.1, 0.15) is 23.3 Å². The van der Waals surface area contributed by atoms with Crippen molar-refractivity contribution in [1.82, 2.24) is 0 Å². The largest absolute Gasteiger partial charge is 0.392 e. The lowest BCUT2D eigenvalue weighted by molar-refractivity contribution is 0.275. The number of alkyl halides is 1. The Kier molecular flexibility index (Phi) is 8.57. The lowest BCUT2D eigenvalue weighted by Crippen LogP contribution is -1.95. The zero-order chi connectivity index (χ0) is 16.9. The molecule has 120 valence electrons. The lowest BCUT2D eigenvalue weighted by Gasteiger charge is -2.00. The van der Waals surface area contributed by atoms with Crippen LogP contribution in [0.3, 0.4) is 0 Å². The van der Waals surface area contributed by atoms with Gasteiger partial charge in [0, 0.05) is 10.9 Å². The molecule has 22 heavy (non-hydrogen) atoms. The van der Waals surface area contributed by atoms with E-state index in [1.165, 1.54) is 18.2 Å². The predicted molar refractivity (Wildman–Crippen MR) is 96.7 cm³/mol. The molecule has 0 bridgehead atoms. The molecule has 0 saturated heterocycles. The molecule has 0 radical (unpaired) electrons. The molecule has 0 atom stereocenters. The van der Waals surface area contributed by atoms with Gasteiger partial charge in [-0.05, 0) is 62.9 Å². The summed E-state index contributed by atoms with van der Waals surface area (Å²) in [6, 6.07) is 5.06. The first-order valence-corrected chi connectivity index (χ1v) is 9.02. The molecule has 0 amide bonds. The number of benzene rings is 2. The van der Waals surface area contributed by atoms with E-state index >= 15 is 0 Å². The maximum atomic E-state index is 13.0. The van der Waals surface area contributed by atoms with E-state index in [0.717, 1.165) is 6.07 Å². The van der Waals surface area contributed by atoms with Gasteiger partial charge in [-0.15, -0.1) is 0 Å². The third-order valence-corrected chi connectivity index (χ3v) is 5.13. The van der Waals surface area contributed by atoms with E-state index in [1.54, 1.807) is 45.2 Å². The Morgan fingerprint density at radius 1 is 0.818 bits per heavy atom. The highest BCUT2D eigenvalue weighted by Gasteiger charge is 2.10. The summed E-state index contributed by atoms with van der Waals surface area (Å²) in [7, 11) is 0. The summed E-state index contributed by atoms with van der Waals surface area (Å²) >= 11 is 6.30. The summed E-state index contributed by atoms with van der Waals surface area (Å²) < 4.78 is 51.0. The van der Waals surface area contributed by atoms with Crippen LogP contribution in [0.15, 0.2) is 24.3 Å². The Hall–Kier alpha value is 0.0600. The standard InChI is InChI=1S/C7H4BrF2I.C7H5F2IO/c8-3-4-1-2-5(9)7(11)6(4)10;8-5-2-1-4(3-11)6(9)7(5)10/h1-2H,3H2;1-2,11H,3H2. The summed E-state index contributed by atoms with van der Waals surface area (Å²) in [6.07, 6.45) is 0. The molecule has 1 nitrogen and oxygen atoms in total. The second-order valence-corrected chi connectivity index (χ2v) is 6.68. The van der Waals surface area contributed by atoms with Crippen molar-refractivity contribution in [3.8, 4) is 0 Å². The highest BCUT2D eigenvalue weighted by molar-refractivity contribution is 14.1. The highest BCUT2D eigenvalue weighted by Crippen LogP contribution is 2.20. The van der Waals surface area contributed by atoms with Crippen molar-refractivity contribution >= 4 is 61.1 Å². The molecule has 0 saturated carbocycles. The Labute approximate surface area is 160 Å². The Bertz CT molecular complexity index is 610. The van der Waals surface area contributed by atoms with Crippen LogP contribution in [0, 0.1) is 30.4 Å². The number of aliphatic hydroxyl groups excluding tert-OH is 1. The van der Waals surface area contributed by atoms with Gasteiger partial charge in [0.15, 0.2) is 0 Å². The number of halogens is 7. The number of hydrogen-bond donors (Lipinski definition) is 1. The normalized spacial score (nSPS) is 10.2. The van der Waals surface area contributed by atoms with E-state index in [2.05, 4.69) is 15.9 Å². The fraction of sp³-hybridized carbons (Fsp3) is 0.143. The summed E-state index contributed by atoms with van der Waals surface area (Å²) in [5, 5.41) is 8.98. The quantitative estimate of drug-likeness (QED) is 0.208. The molecule has 0 spiro atoms. The third-order valence-electron chi connectivity index (χ3n) is 2.54. The van der Waals surface area contributed by atoms with Crippen LogP contribution in [0.5, 0.6) is 0 Å². The van der Waals surface area contributed by atoms with Crippen molar-refractivity contribution in [3.05, 3.63) is 65.8 Å².